The Kier molecular flexibility index (Phi) is 4.82. The summed E-state index contributed by atoms with van der Waals surface area (Å²) in [6, 6.07) is 7.41. The van der Waals surface area contributed by atoms with Gasteiger partial charge in [-0.3, -0.25) is 4.98 Å². The molecular weight excluding hydrogens is 342 g/mol. The van der Waals surface area contributed by atoms with Crippen LogP contribution in [0.1, 0.15) is 40.5 Å². The van der Waals surface area contributed by atoms with E-state index in [0.29, 0.717) is 5.92 Å². The number of imidazole rings is 1. The van der Waals surface area contributed by atoms with Crippen LogP contribution < -0.4 is 4.90 Å². The van der Waals surface area contributed by atoms with E-state index in [2.05, 4.69) is 30.5 Å². The van der Waals surface area contributed by atoms with Gasteiger partial charge in [-0.2, -0.15) is 0 Å². The molecule has 138 valence electrons. The molecule has 3 aromatic rings. The molecule has 0 bridgehead atoms. The zero-order valence-corrected chi connectivity index (χ0v) is 14.9. The van der Waals surface area contributed by atoms with Crippen molar-refractivity contribution in [3.63, 3.8) is 0 Å². The molecule has 7 nitrogen and oxygen atoms in total. The Morgan fingerprint density at radius 2 is 2.11 bits per heavy atom. The Balaban J connectivity index is 1.50. The van der Waals surface area contributed by atoms with Gasteiger partial charge in [0.2, 0.25) is 0 Å². The standard InChI is InChI=1S/C20H21N5O2/c26-20(27)16-5-6-18(23-12-16)24-9-2-4-17(14-24)19-22-8-10-25(19)13-15-3-1-7-21-11-15/h1,3,5-8,10-12,17H,2,4,9,13-14H2,(H,26,27)/t17-/m1/s1. The molecule has 0 saturated carbocycles. The summed E-state index contributed by atoms with van der Waals surface area (Å²) in [4.78, 5) is 26.4. The SMILES string of the molecule is O=C(O)c1ccc(N2CCC[C@@H](c3nccn3Cc3cccnc3)C2)nc1. The molecule has 27 heavy (non-hydrogen) atoms. The van der Waals surface area contributed by atoms with E-state index >= 15 is 0 Å². The van der Waals surface area contributed by atoms with E-state index in [-0.39, 0.29) is 5.56 Å². The van der Waals surface area contributed by atoms with Gasteiger partial charge in [0, 0.05) is 50.0 Å². The predicted octanol–water partition coefficient (Wildman–Crippen LogP) is 2.80. The van der Waals surface area contributed by atoms with E-state index in [9.17, 15) is 4.79 Å². The van der Waals surface area contributed by atoms with Crippen molar-refractivity contribution in [2.45, 2.75) is 25.3 Å². The molecule has 1 fully saturated rings. The first-order chi connectivity index (χ1) is 13.2. The minimum absolute atomic E-state index is 0.208. The molecule has 1 N–H and O–H groups in total. The van der Waals surface area contributed by atoms with Gasteiger partial charge in [0.05, 0.1) is 12.1 Å². The lowest BCUT2D eigenvalue weighted by atomic mass is 9.97. The number of rotatable bonds is 5. The van der Waals surface area contributed by atoms with Crippen molar-refractivity contribution in [2.75, 3.05) is 18.0 Å². The van der Waals surface area contributed by atoms with Crippen LogP contribution in [0, 0.1) is 0 Å². The fraction of sp³-hybridized carbons (Fsp3) is 0.300. The Morgan fingerprint density at radius 3 is 2.85 bits per heavy atom. The van der Waals surface area contributed by atoms with Gasteiger partial charge >= 0.3 is 5.97 Å². The molecule has 0 aliphatic carbocycles. The highest BCUT2D eigenvalue weighted by Crippen LogP contribution is 2.28. The average molecular weight is 363 g/mol. The molecule has 3 aromatic heterocycles. The minimum Gasteiger partial charge on any atom is -0.478 e. The first-order valence-electron chi connectivity index (χ1n) is 9.05. The maximum atomic E-state index is 11.0. The maximum absolute atomic E-state index is 11.0. The molecule has 4 heterocycles. The highest BCUT2D eigenvalue weighted by molar-refractivity contribution is 5.87. The van der Waals surface area contributed by atoms with Crippen LogP contribution in [0.25, 0.3) is 0 Å². The second kappa shape index (κ2) is 7.57. The number of nitrogens with zero attached hydrogens (tertiary/aromatic N) is 5. The monoisotopic (exact) mass is 363 g/mol. The number of pyridine rings is 2. The van der Waals surface area contributed by atoms with Gasteiger partial charge in [-0.1, -0.05) is 6.07 Å². The van der Waals surface area contributed by atoms with E-state index in [4.69, 9.17) is 5.11 Å². The van der Waals surface area contributed by atoms with Gasteiger partial charge in [-0.05, 0) is 36.6 Å². The van der Waals surface area contributed by atoms with Gasteiger partial charge in [0.1, 0.15) is 11.6 Å². The average Bonchev–Trinajstić information content (AvgIpc) is 3.17. The number of piperidine rings is 1. The van der Waals surface area contributed by atoms with Crippen LogP contribution in [-0.4, -0.2) is 43.7 Å². The second-order valence-electron chi connectivity index (χ2n) is 6.77. The normalized spacial score (nSPS) is 17.0. The number of anilines is 1. The van der Waals surface area contributed by atoms with Crippen molar-refractivity contribution >= 4 is 11.8 Å². The summed E-state index contributed by atoms with van der Waals surface area (Å²) >= 11 is 0. The molecule has 0 radical (unpaired) electrons. The van der Waals surface area contributed by atoms with E-state index in [1.807, 2.05) is 24.7 Å². The Hall–Kier alpha value is -3.22. The maximum Gasteiger partial charge on any atom is 0.337 e. The molecule has 1 atom stereocenters. The molecule has 0 aromatic carbocycles. The van der Waals surface area contributed by atoms with Crippen LogP contribution >= 0.6 is 0 Å². The van der Waals surface area contributed by atoms with Gasteiger partial charge in [0.15, 0.2) is 0 Å². The van der Waals surface area contributed by atoms with E-state index in [1.54, 1.807) is 18.3 Å². The molecule has 4 rings (SSSR count). The molecule has 0 amide bonds. The topological polar surface area (TPSA) is 84.1 Å². The minimum atomic E-state index is -0.956. The number of carboxylic acid groups (broad SMARTS) is 1. The van der Waals surface area contributed by atoms with Gasteiger partial charge in [0.25, 0.3) is 0 Å². The van der Waals surface area contributed by atoms with Gasteiger partial charge in [-0.15, -0.1) is 0 Å². The summed E-state index contributed by atoms with van der Waals surface area (Å²) in [5.41, 5.74) is 1.36. The predicted molar refractivity (Wildman–Crippen MR) is 101 cm³/mol. The third-order valence-corrected chi connectivity index (χ3v) is 4.93. The van der Waals surface area contributed by atoms with Crippen LogP contribution in [0.3, 0.4) is 0 Å². The second-order valence-corrected chi connectivity index (χ2v) is 6.77. The summed E-state index contributed by atoms with van der Waals surface area (Å²) in [5, 5.41) is 9.04. The van der Waals surface area contributed by atoms with Crippen molar-refractivity contribution < 1.29 is 9.90 Å². The zero-order valence-electron chi connectivity index (χ0n) is 14.9. The van der Waals surface area contributed by atoms with Gasteiger partial charge < -0.3 is 14.6 Å². The highest BCUT2D eigenvalue weighted by Gasteiger charge is 2.25. The Labute approximate surface area is 157 Å². The van der Waals surface area contributed by atoms with Crippen molar-refractivity contribution in [3.8, 4) is 0 Å². The largest absolute Gasteiger partial charge is 0.478 e. The summed E-state index contributed by atoms with van der Waals surface area (Å²) in [6.45, 7) is 2.49. The number of aromatic nitrogens is 4. The van der Waals surface area contributed by atoms with Crippen LogP contribution in [0.4, 0.5) is 5.82 Å². The number of hydrogen-bond donors (Lipinski definition) is 1. The molecule has 7 heteroatoms. The number of aromatic carboxylic acids is 1. The van der Waals surface area contributed by atoms with E-state index < -0.39 is 5.97 Å². The lowest BCUT2D eigenvalue weighted by Crippen LogP contribution is -2.36. The third kappa shape index (κ3) is 3.81. The summed E-state index contributed by atoms with van der Waals surface area (Å²) in [6.07, 6.45) is 11.1. The molecule has 1 aliphatic rings. The lowest BCUT2D eigenvalue weighted by molar-refractivity contribution is 0.0696. The quantitative estimate of drug-likeness (QED) is 0.750. The van der Waals surface area contributed by atoms with Crippen LogP contribution in [0.5, 0.6) is 0 Å². The zero-order chi connectivity index (χ0) is 18.6. The highest BCUT2D eigenvalue weighted by atomic mass is 16.4. The Bertz CT molecular complexity index is 908. The molecule has 1 aliphatic heterocycles. The number of carbonyl (C=O) groups is 1. The van der Waals surface area contributed by atoms with Gasteiger partial charge in [-0.25, -0.2) is 14.8 Å². The first kappa shape index (κ1) is 17.2. The van der Waals surface area contributed by atoms with Crippen molar-refractivity contribution in [2.24, 2.45) is 0 Å². The molecule has 0 unspecified atom stereocenters. The Morgan fingerprint density at radius 1 is 1.19 bits per heavy atom. The van der Waals surface area contributed by atoms with Crippen LogP contribution in [-0.2, 0) is 6.54 Å². The fourth-order valence-electron chi connectivity index (χ4n) is 3.60. The molecular formula is C20H21N5O2. The smallest absolute Gasteiger partial charge is 0.337 e. The number of hydrogen-bond acceptors (Lipinski definition) is 5. The molecule has 1 saturated heterocycles. The number of carboxylic acids is 1. The summed E-state index contributed by atoms with van der Waals surface area (Å²) < 4.78 is 2.19. The summed E-state index contributed by atoms with van der Waals surface area (Å²) in [5.74, 6) is 1.25. The van der Waals surface area contributed by atoms with E-state index in [0.717, 1.165) is 49.7 Å². The van der Waals surface area contributed by atoms with Crippen LogP contribution in [0.15, 0.2) is 55.2 Å². The van der Waals surface area contributed by atoms with Crippen LogP contribution in [0.2, 0.25) is 0 Å². The molecule has 0 spiro atoms. The van der Waals surface area contributed by atoms with E-state index in [1.165, 1.54) is 6.20 Å². The third-order valence-electron chi connectivity index (χ3n) is 4.93. The fourth-order valence-corrected chi connectivity index (χ4v) is 3.60. The van der Waals surface area contributed by atoms with Crippen molar-refractivity contribution in [1.82, 2.24) is 19.5 Å². The van der Waals surface area contributed by atoms with Crippen molar-refractivity contribution in [1.29, 1.82) is 0 Å². The first-order valence-corrected chi connectivity index (χ1v) is 9.05. The summed E-state index contributed by atoms with van der Waals surface area (Å²) in [7, 11) is 0. The lowest BCUT2D eigenvalue weighted by Gasteiger charge is -2.33. The van der Waals surface area contributed by atoms with Crippen molar-refractivity contribution in [3.05, 3.63) is 72.2 Å².